The molecule has 0 amide bonds. The van der Waals surface area contributed by atoms with Gasteiger partial charge in [-0.3, -0.25) is 4.98 Å². The van der Waals surface area contributed by atoms with Gasteiger partial charge in [-0.25, -0.2) is 0 Å². The first-order valence-corrected chi connectivity index (χ1v) is 17.4. The Morgan fingerprint density at radius 3 is 1.69 bits per heavy atom. The lowest BCUT2D eigenvalue weighted by Gasteiger charge is -2.13. The van der Waals surface area contributed by atoms with Gasteiger partial charge in [0, 0.05) is 34.2 Å². The smallest absolute Gasteiger partial charge is 0.0619 e. The van der Waals surface area contributed by atoms with E-state index < -0.39 is 0 Å². The highest BCUT2D eigenvalue weighted by atomic mass is 15.0. The van der Waals surface area contributed by atoms with Crippen LogP contribution < -0.4 is 0 Å². The Bertz CT molecular complexity index is 2890. The highest BCUT2D eigenvalue weighted by Gasteiger charge is 2.18. The highest BCUT2D eigenvalue weighted by Crippen LogP contribution is 2.41. The van der Waals surface area contributed by atoms with Crippen LogP contribution in [-0.2, 0) is 0 Å². The lowest BCUT2D eigenvalue weighted by molar-refractivity contribution is 1.19. The minimum absolute atomic E-state index is 1.15. The minimum atomic E-state index is 1.15. The fourth-order valence-electron chi connectivity index (χ4n) is 7.87. The molecule has 51 heavy (non-hydrogen) atoms. The molecule has 2 aromatic heterocycles. The number of nitrogens with zero attached hydrogens (tertiary/aromatic N) is 2. The van der Waals surface area contributed by atoms with Gasteiger partial charge >= 0.3 is 0 Å². The van der Waals surface area contributed by atoms with Gasteiger partial charge in [0.05, 0.1) is 11.0 Å². The van der Waals surface area contributed by atoms with E-state index in [-0.39, 0.29) is 0 Å². The average molecular weight is 649 g/mol. The molecule has 0 aliphatic heterocycles. The molecule has 8 aromatic carbocycles. The molecule has 0 unspecified atom stereocenters. The Morgan fingerprint density at radius 2 is 0.922 bits per heavy atom. The Morgan fingerprint density at radius 1 is 0.333 bits per heavy atom. The van der Waals surface area contributed by atoms with E-state index in [0.717, 1.165) is 5.69 Å². The van der Waals surface area contributed by atoms with E-state index in [1.54, 1.807) is 0 Å². The van der Waals surface area contributed by atoms with Crippen molar-refractivity contribution in [3.8, 4) is 50.2 Å². The second-order valence-electron chi connectivity index (χ2n) is 13.2. The summed E-state index contributed by atoms with van der Waals surface area (Å²) < 4.78 is 2.46. The quantitative estimate of drug-likeness (QED) is 0.182. The third-order valence-corrected chi connectivity index (χ3v) is 10.3. The van der Waals surface area contributed by atoms with Crippen molar-refractivity contribution in [2.45, 2.75) is 0 Å². The van der Waals surface area contributed by atoms with Crippen LogP contribution in [0.2, 0.25) is 0 Å². The monoisotopic (exact) mass is 648 g/mol. The molecule has 0 bridgehead atoms. The molecule has 238 valence electrons. The van der Waals surface area contributed by atoms with Crippen molar-refractivity contribution in [1.82, 2.24) is 9.55 Å². The predicted octanol–water partition coefficient (Wildman–Crippen LogP) is 13.2. The molecule has 0 radical (unpaired) electrons. The van der Waals surface area contributed by atoms with Crippen LogP contribution in [0.15, 0.2) is 194 Å². The van der Waals surface area contributed by atoms with Gasteiger partial charge in [0.15, 0.2) is 0 Å². The van der Waals surface area contributed by atoms with Crippen LogP contribution in [0.4, 0.5) is 0 Å². The van der Waals surface area contributed by atoms with Crippen LogP contribution in [0.1, 0.15) is 0 Å². The first-order chi connectivity index (χ1) is 25.3. The Labute approximate surface area is 296 Å². The third-order valence-electron chi connectivity index (χ3n) is 10.3. The molecule has 2 nitrogen and oxygen atoms in total. The summed E-state index contributed by atoms with van der Waals surface area (Å²) in [6.07, 6.45) is 3.73. The minimum Gasteiger partial charge on any atom is -0.309 e. The van der Waals surface area contributed by atoms with Crippen molar-refractivity contribution in [3.05, 3.63) is 194 Å². The molecular weight excluding hydrogens is 617 g/mol. The summed E-state index contributed by atoms with van der Waals surface area (Å²) in [6, 6.07) is 66.2. The van der Waals surface area contributed by atoms with Crippen molar-refractivity contribution >= 4 is 43.4 Å². The first-order valence-electron chi connectivity index (χ1n) is 17.4. The SMILES string of the molecule is c1ccc(-c2cccc(-c3ccc4c(ccc5c6ccc(-c7ccc(-c8ccncc8)c8ccccc78)cc6n(-c6ccccc6)c45)c3)c2)cc1. The summed E-state index contributed by atoms with van der Waals surface area (Å²) in [5.41, 5.74) is 13.3. The normalized spacial score (nSPS) is 11.5. The molecular formula is C49H32N2. The number of fused-ring (bicyclic) bond motifs is 6. The fraction of sp³-hybridized carbons (Fsp3) is 0. The van der Waals surface area contributed by atoms with Crippen molar-refractivity contribution in [3.63, 3.8) is 0 Å². The average Bonchev–Trinajstić information content (AvgIpc) is 3.55. The molecule has 0 aliphatic rings. The molecule has 10 aromatic rings. The number of rotatable bonds is 5. The lowest BCUT2D eigenvalue weighted by Crippen LogP contribution is -1.94. The number of pyridine rings is 1. The predicted molar refractivity (Wildman–Crippen MR) is 215 cm³/mol. The number of aromatic nitrogens is 2. The molecule has 2 heterocycles. The van der Waals surface area contributed by atoms with Crippen LogP contribution in [0.3, 0.4) is 0 Å². The highest BCUT2D eigenvalue weighted by molar-refractivity contribution is 6.19. The fourth-order valence-corrected chi connectivity index (χ4v) is 7.87. The number of para-hydroxylation sites is 1. The largest absolute Gasteiger partial charge is 0.309 e. The molecule has 0 aliphatic carbocycles. The zero-order valence-electron chi connectivity index (χ0n) is 27.9. The summed E-state index contributed by atoms with van der Waals surface area (Å²) in [7, 11) is 0. The molecule has 0 fully saturated rings. The van der Waals surface area contributed by atoms with E-state index in [1.165, 1.54) is 87.9 Å². The van der Waals surface area contributed by atoms with E-state index in [9.17, 15) is 0 Å². The van der Waals surface area contributed by atoms with E-state index in [4.69, 9.17) is 0 Å². The molecule has 10 rings (SSSR count). The maximum absolute atomic E-state index is 4.24. The van der Waals surface area contributed by atoms with E-state index >= 15 is 0 Å². The van der Waals surface area contributed by atoms with Gasteiger partial charge in [0.1, 0.15) is 0 Å². The Kier molecular flexibility index (Phi) is 6.85. The van der Waals surface area contributed by atoms with Crippen LogP contribution in [0, 0.1) is 0 Å². The van der Waals surface area contributed by atoms with Gasteiger partial charge < -0.3 is 4.57 Å². The molecule has 0 saturated carbocycles. The zero-order valence-corrected chi connectivity index (χ0v) is 27.9. The molecule has 2 heteroatoms. The summed E-state index contributed by atoms with van der Waals surface area (Å²) in [4.78, 5) is 4.24. The van der Waals surface area contributed by atoms with Gasteiger partial charge in [-0.05, 0) is 103 Å². The molecule has 0 atom stereocenters. The number of hydrogen-bond donors (Lipinski definition) is 0. The maximum atomic E-state index is 4.24. The second kappa shape index (κ2) is 12.0. The molecule has 0 spiro atoms. The van der Waals surface area contributed by atoms with Gasteiger partial charge in [-0.2, -0.15) is 0 Å². The maximum Gasteiger partial charge on any atom is 0.0619 e. The Balaban J connectivity index is 1.17. The van der Waals surface area contributed by atoms with E-state index in [2.05, 4.69) is 192 Å². The standard InChI is InChI=1S/C49H32N2/c1-3-10-33(11-4-1)35-12-9-13-36(30-35)37-18-21-43-38(31-37)20-23-47-46-22-19-39(32-48(46)51(49(43)47)40-14-5-2-6-15-40)42-25-24-41(34-26-28-50-29-27-34)44-16-7-8-17-45(42)44/h1-32H. The second-order valence-corrected chi connectivity index (χ2v) is 13.2. The van der Waals surface area contributed by atoms with Crippen LogP contribution in [0.5, 0.6) is 0 Å². The summed E-state index contributed by atoms with van der Waals surface area (Å²) in [5.74, 6) is 0. The van der Waals surface area contributed by atoms with E-state index in [0.29, 0.717) is 0 Å². The van der Waals surface area contributed by atoms with Gasteiger partial charge in [0.2, 0.25) is 0 Å². The van der Waals surface area contributed by atoms with E-state index in [1.807, 2.05) is 12.4 Å². The summed E-state index contributed by atoms with van der Waals surface area (Å²) in [6.45, 7) is 0. The van der Waals surface area contributed by atoms with Crippen molar-refractivity contribution in [2.75, 3.05) is 0 Å². The summed E-state index contributed by atoms with van der Waals surface area (Å²) in [5, 5.41) is 7.44. The third kappa shape index (κ3) is 4.92. The molecule has 0 saturated heterocycles. The van der Waals surface area contributed by atoms with Crippen LogP contribution in [0.25, 0.3) is 93.5 Å². The van der Waals surface area contributed by atoms with Crippen LogP contribution >= 0.6 is 0 Å². The molecule has 0 N–H and O–H groups in total. The van der Waals surface area contributed by atoms with Crippen LogP contribution in [-0.4, -0.2) is 9.55 Å². The number of hydrogen-bond acceptors (Lipinski definition) is 1. The first kappa shape index (κ1) is 29.2. The topological polar surface area (TPSA) is 17.8 Å². The van der Waals surface area contributed by atoms with Gasteiger partial charge in [-0.1, -0.05) is 140 Å². The van der Waals surface area contributed by atoms with Crippen molar-refractivity contribution in [1.29, 1.82) is 0 Å². The lowest BCUT2D eigenvalue weighted by atomic mass is 9.92. The number of benzene rings is 8. The zero-order chi connectivity index (χ0) is 33.7. The van der Waals surface area contributed by atoms with Gasteiger partial charge in [-0.15, -0.1) is 0 Å². The summed E-state index contributed by atoms with van der Waals surface area (Å²) >= 11 is 0. The van der Waals surface area contributed by atoms with Crippen molar-refractivity contribution in [2.24, 2.45) is 0 Å². The van der Waals surface area contributed by atoms with Crippen molar-refractivity contribution < 1.29 is 0 Å². The van der Waals surface area contributed by atoms with Gasteiger partial charge in [0.25, 0.3) is 0 Å². The Hall–Kier alpha value is -6.77.